The summed E-state index contributed by atoms with van der Waals surface area (Å²) in [6.45, 7) is 3.32. The first-order chi connectivity index (χ1) is 8.38. The molecule has 0 bridgehead atoms. The highest BCUT2D eigenvalue weighted by molar-refractivity contribution is 7.92. The molecule has 0 amide bonds. The van der Waals surface area contributed by atoms with E-state index in [4.69, 9.17) is 10.3 Å². The lowest BCUT2D eigenvalue weighted by molar-refractivity contribution is 0.429. The fraction of sp³-hybridized carbons (Fsp3) is 0.200. The van der Waals surface area contributed by atoms with Crippen molar-refractivity contribution in [1.29, 1.82) is 0 Å². The largest absolute Gasteiger partial charge is 0.399 e. The van der Waals surface area contributed by atoms with E-state index in [9.17, 15) is 8.42 Å². The maximum Gasteiger partial charge on any atom is 0.335 e. The van der Waals surface area contributed by atoms with E-state index in [1.165, 1.54) is 18.2 Å². The Morgan fingerprint density at radius 2 is 2.06 bits per heavy atom. The Labute approximate surface area is 104 Å². The van der Waals surface area contributed by atoms with Crippen LogP contribution in [0.5, 0.6) is 0 Å². The molecule has 1 aromatic heterocycles. The molecule has 1 aromatic carbocycles. The zero-order valence-corrected chi connectivity index (χ0v) is 10.7. The molecule has 7 nitrogen and oxygen atoms in total. The van der Waals surface area contributed by atoms with Crippen LogP contribution in [-0.4, -0.2) is 18.6 Å². The highest BCUT2D eigenvalue weighted by atomic mass is 32.2. The van der Waals surface area contributed by atoms with Crippen LogP contribution in [0.2, 0.25) is 0 Å². The summed E-state index contributed by atoms with van der Waals surface area (Å²) in [4.78, 5) is 3.86. The van der Waals surface area contributed by atoms with Gasteiger partial charge >= 0.3 is 6.01 Å². The Morgan fingerprint density at radius 1 is 1.33 bits per heavy atom. The quantitative estimate of drug-likeness (QED) is 0.805. The van der Waals surface area contributed by atoms with Gasteiger partial charge in [-0.3, -0.25) is 0 Å². The third-order valence-electron chi connectivity index (χ3n) is 2.30. The Kier molecular flexibility index (Phi) is 2.95. The Balaban J connectivity index is 2.33. The van der Waals surface area contributed by atoms with Crippen molar-refractivity contribution in [2.24, 2.45) is 0 Å². The molecule has 0 aliphatic heterocycles. The number of benzene rings is 1. The minimum absolute atomic E-state index is 0.0880. The van der Waals surface area contributed by atoms with Crippen LogP contribution in [-0.2, 0) is 10.0 Å². The third kappa shape index (κ3) is 2.43. The lowest BCUT2D eigenvalue weighted by atomic mass is 10.2. The zero-order valence-electron chi connectivity index (χ0n) is 9.84. The van der Waals surface area contributed by atoms with Crippen molar-refractivity contribution in [2.45, 2.75) is 18.7 Å². The summed E-state index contributed by atoms with van der Waals surface area (Å²) in [7, 11) is -3.74. The van der Waals surface area contributed by atoms with E-state index in [0.717, 1.165) is 0 Å². The van der Waals surface area contributed by atoms with Gasteiger partial charge in [-0.2, -0.15) is 4.98 Å². The smallest absolute Gasteiger partial charge is 0.335 e. The monoisotopic (exact) mass is 268 g/mol. The molecule has 0 saturated heterocycles. The van der Waals surface area contributed by atoms with Gasteiger partial charge in [0.1, 0.15) is 0 Å². The minimum atomic E-state index is -3.74. The Morgan fingerprint density at radius 3 is 2.61 bits per heavy atom. The van der Waals surface area contributed by atoms with Crippen LogP contribution in [0.4, 0.5) is 11.7 Å². The number of aromatic nitrogens is 2. The van der Waals surface area contributed by atoms with E-state index in [2.05, 4.69) is 14.9 Å². The molecule has 18 heavy (non-hydrogen) atoms. The second-order valence-electron chi connectivity index (χ2n) is 3.77. The number of hydrogen-bond acceptors (Lipinski definition) is 6. The number of nitrogens with two attached hydrogens (primary N) is 1. The molecule has 2 aromatic rings. The van der Waals surface area contributed by atoms with Gasteiger partial charge in [0, 0.05) is 5.69 Å². The van der Waals surface area contributed by atoms with Crippen LogP contribution in [0.3, 0.4) is 0 Å². The molecule has 0 radical (unpaired) electrons. The number of nitrogens with zero attached hydrogens (tertiary/aromatic N) is 2. The van der Waals surface area contributed by atoms with E-state index in [1.54, 1.807) is 13.8 Å². The van der Waals surface area contributed by atoms with Gasteiger partial charge in [-0.25, -0.2) is 13.1 Å². The van der Waals surface area contributed by atoms with Crippen LogP contribution in [0.1, 0.15) is 11.4 Å². The molecule has 0 aliphatic carbocycles. The summed E-state index contributed by atoms with van der Waals surface area (Å²) in [5.74, 6) is 0.348. The highest BCUT2D eigenvalue weighted by Crippen LogP contribution is 2.19. The number of sulfonamides is 1. The van der Waals surface area contributed by atoms with E-state index in [1.807, 2.05) is 0 Å². The summed E-state index contributed by atoms with van der Waals surface area (Å²) >= 11 is 0. The number of aryl methyl sites for hydroxylation is 2. The number of anilines is 2. The van der Waals surface area contributed by atoms with E-state index in [-0.39, 0.29) is 10.9 Å². The SMILES string of the molecule is Cc1noc(NS(=O)(=O)c2ccc(N)c(C)c2)n1. The first kappa shape index (κ1) is 12.4. The van der Waals surface area contributed by atoms with Gasteiger partial charge in [0.15, 0.2) is 5.82 Å². The fourth-order valence-electron chi connectivity index (χ4n) is 1.33. The van der Waals surface area contributed by atoms with Gasteiger partial charge in [0.25, 0.3) is 10.0 Å². The zero-order chi connectivity index (χ0) is 13.3. The fourth-order valence-corrected chi connectivity index (χ4v) is 2.34. The minimum Gasteiger partial charge on any atom is -0.399 e. The van der Waals surface area contributed by atoms with Crippen LogP contribution in [0.15, 0.2) is 27.6 Å². The van der Waals surface area contributed by atoms with Crippen molar-refractivity contribution >= 4 is 21.7 Å². The summed E-state index contributed by atoms with van der Waals surface area (Å²) in [5.41, 5.74) is 6.84. The molecular weight excluding hydrogens is 256 g/mol. The summed E-state index contributed by atoms with van der Waals surface area (Å²) in [5, 5.41) is 3.49. The maximum atomic E-state index is 12.0. The van der Waals surface area contributed by atoms with Crippen molar-refractivity contribution in [2.75, 3.05) is 10.5 Å². The Bertz CT molecular complexity index is 678. The highest BCUT2D eigenvalue weighted by Gasteiger charge is 2.18. The summed E-state index contributed by atoms with van der Waals surface area (Å²) in [6.07, 6.45) is 0. The van der Waals surface area contributed by atoms with Crippen molar-refractivity contribution < 1.29 is 12.9 Å². The third-order valence-corrected chi connectivity index (χ3v) is 3.62. The molecule has 0 fully saturated rings. The average Bonchev–Trinajstić information content (AvgIpc) is 2.67. The van der Waals surface area contributed by atoms with Crippen molar-refractivity contribution in [3.05, 3.63) is 29.6 Å². The van der Waals surface area contributed by atoms with Crippen molar-refractivity contribution in [3.63, 3.8) is 0 Å². The second kappa shape index (κ2) is 4.30. The number of nitrogen functional groups attached to an aromatic ring is 1. The van der Waals surface area contributed by atoms with Gasteiger partial charge in [0.2, 0.25) is 0 Å². The summed E-state index contributed by atoms with van der Waals surface area (Å²) < 4.78 is 30.9. The number of hydrogen-bond donors (Lipinski definition) is 2. The Hall–Kier alpha value is -2.09. The normalized spacial score (nSPS) is 11.4. The topological polar surface area (TPSA) is 111 Å². The lowest BCUT2D eigenvalue weighted by Gasteiger charge is -2.06. The molecule has 1 heterocycles. The van der Waals surface area contributed by atoms with Gasteiger partial charge in [-0.15, -0.1) is 0 Å². The van der Waals surface area contributed by atoms with Crippen LogP contribution < -0.4 is 10.5 Å². The number of nitrogens with one attached hydrogen (secondary N) is 1. The van der Waals surface area contributed by atoms with Crippen LogP contribution >= 0.6 is 0 Å². The predicted molar refractivity (Wildman–Crippen MR) is 65.4 cm³/mol. The summed E-state index contributed by atoms with van der Waals surface area (Å²) in [6, 6.07) is 4.25. The maximum absolute atomic E-state index is 12.0. The molecule has 3 N–H and O–H groups in total. The predicted octanol–water partition coefficient (Wildman–Crippen LogP) is 1.07. The van der Waals surface area contributed by atoms with E-state index in [0.29, 0.717) is 17.1 Å². The molecule has 96 valence electrons. The molecule has 0 atom stereocenters. The molecule has 8 heteroatoms. The standard InChI is InChI=1S/C10H12N4O3S/c1-6-5-8(3-4-9(6)11)18(15,16)14-10-12-7(2)13-17-10/h3-5H,11H2,1-2H3,(H,12,13,14). The number of rotatable bonds is 3. The van der Waals surface area contributed by atoms with Crippen molar-refractivity contribution in [1.82, 2.24) is 10.1 Å². The van der Waals surface area contributed by atoms with Gasteiger partial charge in [-0.05, 0) is 37.6 Å². The molecular formula is C10H12N4O3S. The molecule has 2 rings (SSSR count). The molecule has 0 unspecified atom stereocenters. The molecule has 0 spiro atoms. The van der Waals surface area contributed by atoms with Crippen LogP contribution in [0.25, 0.3) is 0 Å². The average molecular weight is 268 g/mol. The lowest BCUT2D eigenvalue weighted by Crippen LogP contribution is -2.13. The van der Waals surface area contributed by atoms with E-state index >= 15 is 0 Å². The van der Waals surface area contributed by atoms with Gasteiger partial charge < -0.3 is 10.3 Å². The molecule has 0 saturated carbocycles. The first-order valence-corrected chi connectivity index (χ1v) is 6.56. The molecule has 0 aliphatic rings. The van der Waals surface area contributed by atoms with Crippen LogP contribution in [0, 0.1) is 13.8 Å². The van der Waals surface area contributed by atoms with Crippen molar-refractivity contribution in [3.8, 4) is 0 Å². The van der Waals surface area contributed by atoms with Gasteiger partial charge in [-0.1, -0.05) is 5.16 Å². The second-order valence-corrected chi connectivity index (χ2v) is 5.45. The first-order valence-electron chi connectivity index (χ1n) is 5.08. The van der Waals surface area contributed by atoms with E-state index < -0.39 is 10.0 Å². The van der Waals surface area contributed by atoms with Gasteiger partial charge in [0.05, 0.1) is 4.90 Å².